The number of rotatable bonds is 6. The van der Waals surface area contributed by atoms with Crippen molar-refractivity contribution in [2.75, 3.05) is 7.05 Å². The number of nitrogens with one attached hydrogen (secondary N) is 2. The highest BCUT2D eigenvalue weighted by atomic mass is 32.2. The number of amides is 1. The van der Waals surface area contributed by atoms with Crippen molar-refractivity contribution < 1.29 is 17.6 Å². The standard InChI is InChI=1S/C20H20N2O4S/c1-14-5-3-7-16(11-14)17-8-4-6-15(12-17)13-22-20(23)18-9-10-19(26-18)27(24,25)21-2/h3-12,21H,13H2,1-2H3,(H,22,23). The number of carbonyl (C=O) groups excluding carboxylic acids is 1. The highest BCUT2D eigenvalue weighted by Crippen LogP contribution is 2.21. The lowest BCUT2D eigenvalue weighted by Gasteiger charge is -2.07. The number of benzene rings is 2. The first-order valence-electron chi connectivity index (χ1n) is 8.36. The fraction of sp³-hybridized carbons (Fsp3) is 0.150. The number of hydrogen-bond acceptors (Lipinski definition) is 4. The van der Waals surface area contributed by atoms with Gasteiger partial charge in [0.05, 0.1) is 0 Å². The number of furan rings is 1. The molecule has 2 N–H and O–H groups in total. The van der Waals surface area contributed by atoms with Gasteiger partial charge in [-0.3, -0.25) is 4.79 Å². The summed E-state index contributed by atoms with van der Waals surface area (Å²) in [5.74, 6) is -0.535. The molecule has 7 heteroatoms. The van der Waals surface area contributed by atoms with Gasteiger partial charge < -0.3 is 9.73 Å². The number of hydrogen-bond donors (Lipinski definition) is 2. The second kappa shape index (κ2) is 7.77. The molecule has 0 aliphatic carbocycles. The van der Waals surface area contributed by atoms with Crippen LogP contribution in [0.1, 0.15) is 21.7 Å². The summed E-state index contributed by atoms with van der Waals surface area (Å²) in [5.41, 5.74) is 4.27. The van der Waals surface area contributed by atoms with Crippen molar-refractivity contribution in [1.82, 2.24) is 10.0 Å². The number of carbonyl (C=O) groups is 1. The van der Waals surface area contributed by atoms with Gasteiger partial charge in [0.15, 0.2) is 5.76 Å². The Kier molecular flexibility index (Phi) is 5.43. The summed E-state index contributed by atoms with van der Waals surface area (Å²) < 4.78 is 30.6. The van der Waals surface area contributed by atoms with E-state index in [-0.39, 0.29) is 10.9 Å². The van der Waals surface area contributed by atoms with Crippen molar-refractivity contribution in [3.8, 4) is 11.1 Å². The van der Waals surface area contributed by atoms with Gasteiger partial charge in [0.2, 0.25) is 5.09 Å². The Morgan fingerprint density at radius 2 is 1.70 bits per heavy atom. The maximum atomic E-state index is 12.2. The fourth-order valence-corrected chi connectivity index (χ4v) is 3.29. The molecule has 0 spiro atoms. The van der Waals surface area contributed by atoms with Gasteiger partial charge in [0.1, 0.15) is 0 Å². The molecule has 0 radical (unpaired) electrons. The van der Waals surface area contributed by atoms with E-state index in [9.17, 15) is 13.2 Å². The fourth-order valence-electron chi connectivity index (χ4n) is 2.64. The van der Waals surface area contributed by atoms with Gasteiger partial charge in [-0.1, -0.05) is 48.0 Å². The van der Waals surface area contributed by atoms with Gasteiger partial charge in [0, 0.05) is 6.54 Å². The van der Waals surface area contributed by atoms with Crippen LogP contribution < -0.4 is 10.0 Å². The molecule has 140 valence electrons. The molecule has 1 amide bonds. The molecule has 3 rings (SSSR count). The van der Waals surface area contributed by atoms with Crippen LogP contribution in [-0.4, -0.2) is 21.4 Å². The first-order chi connectivity index (χ1) is 12.9. The van der Waals surface area contributed by atoms with Crippen LogP contribution in [0.5, 0.6) is 0 Å². The molecular weight excluding hydrogens is 364 g/mol. The minimum Gasteiger partial charge on any atom is -0.438 e. The van der Waals surface area contributed by atoms with Crippen LogP contribution in [-0.2, 0) is 16.6 Å². The first-order valence-corrected chi connectivity index (χ1v) is 9.85. The molecule has 0 saturated heterocycles. The average Bonchev–Trinajstić information content (AvgIpc) is 3.17. The van der Waals surface area contributed by atoms with E-state index in [0.29, 0.717) is 6.54 Å². The van der Waals surface area contributed by atoms with Crippen molar-refractivity contribution in [3.63, 3.8) is 0 Å². The summed E-state index contributed by atoms with van der Waals surface area (Å²) in [5, 5.41) is 2.45. The van der Waals surface area contributed by atoms with E-state index >= 15 is 0 Å². The zero-order valence-electron chi connectivity index (χ0n) is 15.0. The van der Waals surface area contributed by atoms with Crippen molar-refractivity contribution in [2.45, 2.75) is 18.6 Å². The summed E-state index contributed by atoms with van der Waals surface area (Å²) in [6.07, 6.45) is 0. The van der Waals surface area contributed by atoms with E-state index in [2.05, 4.69) is 16.1 Å². The van der Waals surface area contributed by atoms with Gasteiger partial charge >= 0.3 is 0 Å². The summed E-state index contributed by atoms with van der Waals surface area (Å²) in [4.78, 5) is 12.2. The number of aryl methyl sites for hydroxylation is 1. The quantitative estimate of drug-likeness (QED) is 0.684. The molecule has 1 aromatic heterocycles. The molecule has 27 heavy (non-hydrogen) atoms. The Bertz CT molecular complexity index is 1070. The van der Waals surface area contributed by atoms with Crippen molar-refractivity contribution >= 4 is 15.9 Å². The Labute approximate surface area is 158 Å². The second-order valence-corrected chi connectivity index (χ2v) is 7.90. The van der Waals surface area contributed by atoms with E-state index in [1.54, 1.807) is 0 Å². The van der Waals surface area contributed by atoms with E-state index in [1.807, 2.05) is 49.4 Å². The Hall–Kier alpha value is -2.90. The zero-order chi connectivity index (χ0) is 19.4. The van der Waals surface area contributed by atoms with Crippen molar-refractivity contribution in [2.24, 2.45) is 0 Å². The summed E-state index contributed by atoms with van der Waals surface area (Å²) in [6.45, 7) is 2.34. The molecule has 0 unspecified atom stereocenters. The minimum atomic E-state index is -3.71. The molecule has 0 bridgehead atoms. The maximum Gasteiger partial charge on any atom is 0.287 e. The molecule has 0 atom stereocenters. The molecule has 0 aliphatic heterocycles. The van der Waals surface area contributed by atoms with Crippen LogP contribution in [0.25, 0.3) is 11.1 Å². The third-order valence-corrected chi connectivity index (χ3v) is 5.36. The molecule has 0 aliphatic rings. The maximum absolute atomic E-state index is 12.2. The smallest absolute Gasteiger partial charge is 0.287 e. The molecule has 6 nitrogen and oxygen atoms in total. The zero-order valence-corrected chi connectivity index (χ0v) is 15.8. The van der Waals surface area contributed by atoms with Crippen molar-refractivity contribution in [1.29, 1.82) is 0 Å². The monoisotopic (exact) mass is 384 g/mol. The Morgan fingerprint density at radius 3 is 2.41 bits per heavy atom. The third kappa shape index (κ3) is 4.45. The van der Waals surface area contributed by atoms with E-state index in [4.69, 9.17) is 4.42 Å². The van der Waals surface area contributed by atoms with Gasteiger partial charge in [-0.2, -0.15) is 0 Å². The molecule has 1 heterocycles. The van der Waals surface area contributed by atoms with Crippen molar-refractivity contribution in [3.05, 3.63) is 77.6 Å². The Balaban J connectivity index is 1.70. The normalized spacial score (nSPS) is 11.3. The van der Waals surface area contributed by atoms with Crippen LogP contribution in [0.2, 0.25) is 0 Å². The van der Waals surface area contributed by atoms with Crippen LogP contribution in [0.3, 0.4) is 0 Å². The first kappa shape index (κ1) is 18.9. The van der Waals surface area contributed by atoms with Gasteiger partial charge in [0.25, 0.3) is 15.9 Å². The SMILES string of the molecule is CNS(=O)(=O)c1ccc(C(=O)NCc2cccc(-c3cccc(C)c3)c2)o1. The lowest BCUT2D eigenvalue weighted by atomic mass is 10.0. The summed E-state index contributed by atoms with van der Waals surface area (Å²) in [7, 11) is -2.44. The third-order valence-electron chi connectivity index (χ3n) is 4.07. The minimum absolute atomic E-state index is 0.0568. The highest BCUT2D eigenvalue weighted by molar-refractivity contribution is 7.89. The molecular formula is C20H20N2O4S. The van der Waals surface area contributed by atoms with Gasteiger partial charge in [-0.15, -0.1) is 0 Å². The van der Waals surface area contributed by atoms with Crippen LogP contribution >= 0.6 is 0 Å². The summed E-state index contributed by atoms with van der Waals surface area (Å²) in [6, 6.07) is 18.6. The van der Waals surface area contributed by atoms with E-state index in [0.717, 1.165) is 16.7 Å². The average molecular weight is 384 g/mol. The van der Waals surface area contributed by atoms with Gasteiger partial charge in [-0.25, -0.2) is 13.1 Å². The molecule has 0 fully saturated rings. The molecule has 2 aromatic carbocycles. The lowest BCUT2D eigenvalue weighted by molar-refractivity contribution is 0.0918. The largest absolute Gasteiger partial charge is 0.438 e. The van der Waals surface area contributed by atoms with Crippen LogP contribution in [0.4, 0.5) is 0 Å². The predicted molar refractivity (Wildman–Crippen MR) is 103 cm³/mol. The second-order valence-electron chi connectivity index (χ2n) is 6.08. The predicted octanol–water partition coefficient (Wildman–Crippen LogP) is 3.09. The Morgan fingerprint density at radius 1 is 1.00 bits per heavy atom. The molecule has 0 saturated carbocycles. The topological polar surface area (TPSA) is 88.4 Å². The van der Waals surface area contributed by atoms with Crippen LogP contribution in [0.15, 0.2) is 70.2 Å². The lowest BCUT2D eigenvalue weighted by Crippen LogP contribution is -2.22. The molecule has 3 aromatic rings. The van der Waals surface area contributed by atoms with Gasteiger partial charge in [-0.05, 0) is 48.9 Å². The van der Waals surface area contributed by atoms with Crippen LogP contribution in [0, 0.1) is 6.92 Å². The van der Waals surface area contributed by atoms with E-state index in [1.165, 1.54) is 24.7 Å². The summed E-state index contributed by atoms with van der Waals surface area (Å²) >= 11 is 0. The highest BCUT2D eigenvalue weighted by Gasteiger charge is 2.19. The van der Waals surface area contributed by atoms with E-state index < -0.39 is 15.9 Å². The number of sulfonamides is 1.